The van der Waals surface area contributed by atoms with Crippen LogP contribution in [0.4, 0.5) is 5.82 Å². The maximum atomic E-state index is 12.8. The second kappa shape index (κ2) is 7.87. The molecule has 1 aromatic carbocycles. The van der Waals surface area contributed by atoms with E-state index in [0.717, 1.165) is 56.9 Å². The lowest BCUT2D eigenvalue weighted by Crippen LogP contribution is -2.46. The van der Waals surface area contributed by atoms with Gasteiger partial charge in [-0.25, -0.2) is 4.98 Å². The lowest BCUT2D eigenvalue weighted by atomic mass is 10.0. The average Bonchev–Trinajstić information content (AvgIpc) is 2.75. The maximum Gasteiger partial charge on any atom is 0.254 e. The van der Waals surface area contributed by atoms with Gasteiger partial charge in [-0.3, -0.25) is 4.79 Å². The van der Waals surface area contributed by atoms with Crippen molar-refractivity contribution in [1.82, 2.24) is 15.2 Å². The molecule has 4 rings (SSSR count). The molecule has 1 amide bonds. The topological polar surface area (TPSA) is 48.5 Å². The Morgan fingerprint density at radius 1 is 1.04 bits per heavy atom. The van der Waals surface area contributed by atoms with Gasteiger partial charge in [-0.15, -0.1) is 0 Å². The van der Waals surface area contributed by atoms with E-state index in [2.05, 4.69) is 39.5 Å². The van der Waals surface area contributed by atoms with Crippen LogP contribution in [0.2, 0.25) is 0 Å². The van der Waals surface area contributed by atoms with Crippen LogP contribution in [-0.2, 0) is 0 Å². The highest BCUT2D eigenvalue weighted by Gasteiger charge is 2.23. The standard InChI is InChI=1S/C21H26N4O/c26-21(24-12-5-2-6-13-24)18-9-10-23-20(15-18)25-14-11-22-19(16-25)17-7-3-1-4-8-17/h1,3-4,7-10,15,19,22H,2,5-6,11-14,16H2/t19-/m1/s1. The molecule has 1 aromatic heterocycles. The normalized spacial score (nSPS) is 20.8. The Morgan fingerprint density at radius 2 is 1.85 bits per heavy atom. The molecule has 0 unspecified atom stereocenters. The zero-order valence-electron chi connectivity index (χ0n) is 15.1. The van der Waals surface area contributed by atoms with E-state index in [4.69, 9.17) is 0 Å². The van der Waals surface area contributed by atoms with Crippen LogP contribution in [0, 0.1) is 0 Å². The molecule has 5 nitrogen and oxygen atoms in total. The number of piperazine rings is 1. The molecule has 2 aliphatic heterocycles. The third kappa shape index (κ3) is 3.73. The summed E-state index contributed by atoms with van der Waals surface area (Å²) in [5, 5.41) is 3.58. The number of carbonyl (C=O) groups excluding carboxylic acids is 1. The van der Waals surface area contributed by atoms with Crippen molar-refractivity contribution in [1.29, 1.82) is 0 Å². The molecule has 0 radical (unpaired) electrons. The Morgan fingerprint density at radius 3 is 2.65 bits per heavy atom. The number of likely N-dealkylation sites (tertiary alicyclic amines) is 1. The van der Waals surface area contributed by atoms with Crippen LogP contribution >= 0.6 is 0 Å². The van der Waals surface area contributed by atoms with Gasteiger partial charge in [-0.2, -0.15) is 0 Å². The molecular formula is C21H26N4O. The van der Waals surface area contributed by atoms with Crippen molar-refractivity contribution in [2.75, 3.05) is 37.6 Å². The Bertz CT molecular complexity index is 743. The van der Waals surface area contributed by atoms with Crippen molar-refractivity contribution >= 4 is 11.7 Å². The quantitative estimate of drug-likeness (QED) is 0.925. The molecular weight excluding hydrogens is 324 g/mol. The Balaban J connectivity index is 1.49. The number of piperidine rings is 1. The van der Waals surface area contributed by atoms with Crippen LogP contribution in [0.3, 0.4) is 0 Å². The molecule has 2 fully saturated rings. The second-order valence-electron chi connectivity index (χ2n) is 7.12. The molecule has 0 spiro atoms. The number of hydrogen-bond donors (Lipinski definition) is 1. The molecule has 2 saturated heterocycles. The number of nitrogens with zero attached hydrogens (tertiary/aromatic N) is 3. The van der Waals surface area contributed by atoms with E-state index in [1.54, 1.807) is 6.20 Å². The van der Waals surface area contributed by atoms with Gasteiger partial charge in [-0.05, 0) is 37.0 Å². The molecule has 5 heteroatoms. The van der Waals surface area contributed by atoms with E-state index >= 15 is 0 Å². The van der Waals surface area contributed by atoms with Crippen LogP contribution in [-0.4, -0.2) is 48.5 Å². The van der Waals surface area contributed by atoms with Gasteiger partial charge in [0.25, 0.3) is 5.91 Å². The van der Waals surface area contributed by atoms with E-state index in [0.29, 0.717) is 0 Å². The van der Waals surface area contributed by atoms with Gasteiger partial charge in [0, 0.05) is 50.5 Å². The molecule has 1 N–H and O–H groups in total. The number of hydrogen-bond acceptors (Lipinski definition) is 4. The van der Waals surface area contributed by atoms with E-state index in [1.165, 1.54) is 12.0 Å². The Kier molecular flexibility index (Phi) is 5.16. The molecule has 0 bridgehead atoms. The molecule has 2 aromatic rings. The number of benzene rings is 1. The third-order valence-corrected chi connectivity index (χ3v) is 5.34. The van der Waals surface area contributed by atoms with Crippen LogP contribution in [0.1, 0.15) is 41.2 Å². The number of amides is 1. The number of nitrogens with one attached hydrogen (secondary N) is 1. The predicted molar refractivity (Wildman–Crippen MR) is 103 cm³/mol. The smallest absolute Gasteiger partial charge is 0.254 e. The fourth-order valence-electron chi connectivity index (χ4n) is 3.87. The first-order valence-corrected chi connectivity index (χ1v) is 9.60. The molecule has 136 valence electrons. The summed E-state index contributed by atoms with van der Waals surface area (Å²) in [5.41, 5.74) is 2.05. The largest absolute Gasteiger partial charge is 0.353 e. The highest BCUT2D eigenvalue weighted by atomic mass is 16.2. The van der Waals surface area contributed by atoms with Gasteiger partial charge < -0.3 is 15.1 Å². The second-order valence-corrected chi connectivity index (χ2v) is 7.12. The first-order chi connectivity index (χ1) is 12.8. The van der Waals surface area contributed by atoms with Crippen LogP contribution in [0.15, 0.2) is 48.7 Å². The van der Waals surface area contributed by atoms with E-state index in [9.17, 15) is 4.79 Å². The number of rotatable bonds is 3. The van der Waals surface area contributed by atoms with Crippen LogP contribution in [0.5, 0.6) is 0 Å². The molecule has 0 aliphatic carbocycles. The van der Waals surface area contributed by atoms with Gasteiger partial charge in [0.2, 0.25) is 0 Å². The average molecular weight is 350 g/mol. The number of anilines is 1. The minimum absolute atomic E-state index is 0.142. The predicted octanol–water partition coefficient (Wildman–Crippen LogP) is 2.86. The van der Waals surface area contributed by atoms with Crippen LogP contribution in [0.25, 0.3) is 0 Å². The summed E-state index contributed by atoms with van der Waals surface area (Å²) < 4.78 is 0. The summed E-state index contributed by atoms with van der Waals surface area (Å²) in [6.45, 7) is 4.42. The van der Waals surface area contributed by atoms with E-state index in [-0.39, 0.29) is 11.9 Å². The van der Waals surface area contributed by atoms with Crippen molar-refractivity contribution in [2.45, 2.75) is 25.3 Å². The van der Waals surface area contributed by atoms with E-state index in [1.807, 2.05) is 23.1 Å². The van der Waals surface area contributed by atoms with Crippen molar-refractivity contribution in [3.05, 3.63) is 59.8 Å². The SMILES string of the molecule is O=C(c1ccnc(N2CCN[C@@H](c3ccccc3)C2)c1)N1CCCCC1. The molecule has 2 aliphatic rings. The molecule has 3 heterocycles. The highest BCUT2D eigenvalue weighted by Crippen LogP contribution is 2.22. The van der Waals surface area contributed by atoms with Crippen LogP contribution < -0.4 is 10.2 Å². The molecule has 26 heavy (non-hydrogen) atoms. The minimum atomic E-state index is 0.142. The first kappa shape index (κ1) is 17.0. The molecule has 0 saturated carbocycles. The Hall–Kier alpha value is -2.40. The van der Waals surface area contributed by atoms with Crippen molar-refractivity contribution in [3.63, 3.8) is 0 Å². The number of carbonyl (C=O) groups is 1. The van der Waals surface area contributed by atoms with E-state index < -0.39 is 0 Å². The van der Waals surface area contributed by atoms with Gasteiger partial charge in [0.05, 0.1) is 0 Å². The summed E-state index contributed by atoms with van der Waals surface area (Å²) in [6, 6.07) is 14.6. The number of aromatic nitrogens is 1. The zero-order valence-corrected chi connectivity index (χ0v) is 15.1. The summed E-state index contributed by atoms with van der Waals surface area (Å²) in [4.78, 5) is 21.6. The summed E-state index contributed by atoms with van der Waals surface area (Å²) in [6.07, 6.45) is 5.22. The van der Waals surface area contributed by atoms with Crippen molar-refractivity contribution < 1.29 is 4.79 Å². The first-order valence-electron chi connectivity index (χ1n) is 9.60. The fraction of sp³-hybridized carbons (Fsp3) is 0.429. The van der Waals surface area contributed by atoms with Crippen molar-refractivity contribution in [3.8, 4) is 0 Å². The maximum absolute atomic E-state index is 12.8. The summed E-state index contributed by atoms with van der Waals surface area (Å²) in [5.74, 6) is 1.04. The summed E-state index contributed by atoms with van der Waals surface area (Å²) in [7, 11) is 0. The number of pyridine rings is 1. The third-order valence-electron chi connectivity index (χ3n) is 5.34. The van der Waals surface area contributed by atoms with Crippen molar-refractivity contribution in [2.24, 2.45) is 0 Å². The van der Waals surface area contributed by atoms with Gasteiger partial charge in [0.15, 0.2) is 0 Å². The monoisotopic (exact) mass is 350 g/mol. The van der Waals surface area contributed by atoms with Gasteiger partial charge in [0.1, 0.15) is 5.82 Å². The lowest BCUT2D eigenvalue weighted by Gasteiger charge is -2.35. The van der Waals surface area contributed by atoms with Gasteiger partial charge >= 0.3 is 0 Å². The fourth-order valence-corrected chi connectivity index (χ4v) is 3.87. The zero-order chi connectivity index (χ0) is 17.8. The Labute approximate surface area is 155 Å². The minimum Gasteiger partial charge on any atom is -0.353 e. The lowest BCUT2D eigenvalue weighted by molar-refractivity contribution is 0.0724. The molecule has 1 atom stereocenters. The highest BCUT2D eigenvalue weighted by molar-refractivity contribution is 5.94. The summed E-state index contributed by atoms with van der Waals surface area (Å²) >= 11 is 0. The van der Waals surface area contributed by atoms with Gasteiger partial charge in [-0.1, -0.05) is 30.3 Å².